The van der Waals surface area contributed by atoms with E-state index in [0.717, 1.165) is 22.9 Å². The maximum atomic E-state index is 11.1. The second kappa shape index (κ2) is 3.90. The molecule has 4 nitrogen and oxygen atoms in total. The van der Waals surface area contributed by atoms with Gasteiger partial charge >= 0.3 is 0 Å². The molecule has 0 N–H and O–H groups in total. The highest BCUT2D eigenvalue weighted by atomic mass is 16.5. The molecule has 0 atom stereocenters. The van der Waals surface area contributed by atoms with Crippen molar-refractivity contribution in [2.45, 2.75) is 6.54 Å². The van der Waals surface area contributed by atoms with Crippen molar-refractivity contribution in [2.75, 3.05) is 0 Å². The molecule has 3 rings (SSSR count). The molecule has 1 aromatic carbocycles. The van der Waals surface area contributed by atoms with Gasteiger partial charge in [0, 0.05) is 17.0 Å². The lowest BCUT2D eigenvalue weighted by molar-refractivity contribution is 0.111. The summed E-state index contributed by atoms with van der Waals surface area (Å²) in [6.07, 6.45) is 2.46. The lowest BCUT2D eigenvalue weighted by atomic mass is 10.2. The number of fused-ring (bicyclic) bond motifs is 1. The third-order valence-corrected chi connectivity index (χ3v) is 2.77. The van der Waals surface area contributed by atoms with Gasteiger partial charge in [-0.05, 0) is 12.1 Å². The van der Waals surface area contributed by atoms with E-state index in [1.165, 1.54) is 0 Å². The van der Waals surface area contributed by atoms with Crippen LogP contribution in [0.4, 0.5) is 0 Å². The summed E-state index contributed by atoms with van der Waals surface area (Å²) >= 11 is 0. The molecule has 0 amide bonds. The first-order valence-corrected chi connectivity index (χ1v) is 5.31. The lowest BCUT2D eigenvalue weighted by Gasteiger charge is -2.04. The van der Waals surface area contributed by atoms with Crippen LogP contribution < -0.4 is 0 Å². The second-order valence-corrected chi connectivity index (χ2v) is 3.81. The number of hydrogen-bond acceptors (Lipinski definition) is 3. The number of carbonyl (C=O) groups excluding carboxylic acids is 1. The van der Waals surface area contributed by atoms with Crippen LogP contribution in [-0.4, -0.2) is 16.0 Å². The number of nitrogens with zero attached hydrogens (tertiary/aromatic N) is 2. The van der Waals surface area contributed by atoms with Gasteiger partial charge in [-0.25, -0.2) is 0 Å². The summed E-state index contributed by atoms with van der Waals surface area (Å²) in [4.78, 5) is 11.1. The fourth-order valence-corrected chi connectivity index (χ4v) is 1.99. The summed E-state index contributed by atoms with van der Waals surface area (Å²) in [6.45, 7) is 0.515. The highest BCUT2D eigenvalue weighted by Gasteiger charge is 2.09. The van der Waals surface area contributed by atoms with E-state index in [1.54, 1.807) is 12.3 Å². The van der Waals surface area contributed by atoms with Crippen LogP contribution >= 0.6 is 0 Å². The SMILES string of the molecule is O=Cc1cc2ccccc2n1Cc1ccno1. The molecule has 2 aromatic heterocycles. The molecule has 84 valence electrons. The highest BCUT2D eigenvalue weighted by Crippen LogP contribution is 2.20. The molecule has 0 saturated carbocycles. The van der Waals surface area contributed by atoms with Crippen LogP contribution in [0.1, 0.15) is 16.2 Å². The molecule has 0 fully saturated rings. The number of carbonyl (C=O) groups is 1. The van der Waals surface area contributed by atoms with E-state index in [0.29, 0.717) is 12.2 Å². The molecule has 0 aliphatic heterocycles. The minimum atomic E-state index is 0.515. The number of rotatable bonds is 3. The van der Waals surface area contributed by atoms with Crippen LogP contribution in [0.3, 0.4) is 0 Å². The van der Waals surface area contributed by atoms with Crippen molar-refractivity contribution in [1.82, 2.24) is 9.72 Å². The third-order valence-electron chi connectivity index (χ3n) is 2.77. The average molecular weight is 226 g/mol. The quantitative estimate of drug-likeness (QED) is 0.644. The van der Waals surface area contributed by atoms with Gasteiger partial charge < -0.3 is 9.09 Å². The molecule has 0 bridgehead atoms. The van der Waals surface area contributed by atoms with Gasteiger partial charge in [0.1, 0.15) is 0 Å². The largest absolute Gasteiger partial charge is 0.359 e. The number of aromatic nitrogens is 2. The normalized spacial score (nSPS) is 10.8. The van der Waals surface area contributed by atoms with Crippen LogP contribution in [0, 0.1) is 0 Å². The van der Waals surface area contributed by atoms with E-state index in [9.17, 15) is 4.79 Å². The Morgan fingerprint density at radius 1 is 1.29 bits per heavy atom. The molecule has 0 radical (unpaired) electrons. The predicted molar refractivity (Wildman–Crippen MR) is 62.9 cm³/mol. The molecule has 0 spiro atoms. The second-order valence-electron chi connectivity index (χ2n) is 3.81. The van der Waals surface area contributed by atoms with Crippen molar-refractivity contribution in [1.29, 1.82) is 0 Å². The van der Waals surface area contributed by atoms with Gasteiger partial charge in [0.2, 0.25) is 0 Å². The molecule has 2 heterocycles. The number of hydrogen-bond donors (Lipinski definition) is 0. The van der Waals surface area contributed by atoms with E-state index in [-0.39, 0.29) is 0 Å². The minimum Gasteiger partial charge on any atom is -0.359 e. The Morgan fingerprint density at radius 2 is 2.18 bits per heavy atom. The minimum absolute atomic E-state index is 0.515. The smallest absolute Gasteiger partial charge is 0.166 e. The summed E-state index contributed by atoms with van der Waals surface area (Å²) in [5.41, 5.74) is 1.66. The summed E-state index contributed by atoms with van der Waals surface area (Å²) in [7, 11) is 0. The summed E-state index contributed by atoms with van der Waals surface area (Å²) < 4.78 is 6.99. The molecule has 0 saturated heterocycles. The molecule has 0 aliphatic rings. The van der Waals surface area contributed by atoms with E-state index < -0.39 is 0 Å². The zero-order chi connectivity index (χ0) is 11.7. The standard InChI is InChI=1S/C13H10N2O2/c16-9-11-7-10-3-1-2-4-13(10)15(11)8-12-5-6-14-17-12/h1-7,9H,8H2. The predicted octanol–water partition coefficient (Wildman–Crippen LogP) is 2.49. The maximum absolute atomic E-state index is 11.1. The van der Waals surface area contributed by atoms with Gasteiger partial charge in [0.25, 0.3) is 0 Å². The van der Waals surface area contributed by atoms with E-state index in [2.05, 4.69) is 5.16 Å². The van der Waals surface area contributed by atoms with Gasteiger partial charge in [-0.1, -0.05) is 23.4 Å². The monoisotopic (exact) mass is 226 g/mol. The van der Waals surface area contributed by atoms with Crippen LogP contribution in [0.25, 0.3) is 10.9 Å². The average Bonchev–Trinajstić information content (AvgIpc) is 2.98. The Bertz CT molecular complexity index is 653. The van der Waals surface area contributed by atoms with Crippen molar-refractivity contribution in [3.05, 3.63) is 54.0 Å². The van der Waals surface area contributed by atoms with Crippen LogP contribution in [0.5, 0.6) is 0 Å². The van der Waals surface area contributed by atoms with Crippen molar-refractivity contribution in [3.63, 3.8) is 0 Å². The topological polar surface area (TPSA) is 48.0 Å². The van der Waals surface area contributed by atoms with Gasteiger partial charge in [-0.2, -0.15) is 0 Å². The van der Waals surface area contributed by atoms with Gasteiger partial charge in [-0.3, -0.25) is 4.79 Å². The fraction of sp³-hybridized carbons (Fsp3) is 0.0769. The first kappa shape index (κ1) is 9.84. The van der Waals surface area contributed by atoms with E-state index in [4.69, 9.17) is 4.52 Å². The highest BCUT2D eigenvalue weighted by molar-refractivity contribution is 5.88. The van der Waals surface area contributed by atoms with Crippen LogP contribution in [0.2, 0.25) is 0 Å². The fourth-order valence-electron chi connectivity index (χ4n) is 1.99. The van der Waals surface area contributed by atoms with Gasteiger partial charge in [0.15, 0.2) is 12.0 Å². The van der Waals surface area contributed by atoms with Crippen molar-refractivity contribution in [3.8, 4) is 0 Å². The maximum Gasteiger partial charge on any atom is 0.166 e. The molecular weight excluding hydrogens is 216 g/mol. The molecule has 0 unspecified atom stereocenters. The number of benzene rings is 1. The third kappa shape index (κ3) is 1.63. The van der Waals surface area contributed by atoms with Crippen molar-refractivity contribution in [2.24, 2.45) is 0 Å². The first-order chi connectivity index (χ1) is 8.38. The zero-order valence-corrected chi connectivity index (χ0v) is 9.04. The van der Waals surface area contributed by atoms with Gasteiger partial charge in [0.05, 0.1) is 18.4 Å². The molecular formula is C13H10N2O2. The van der Waals surface area contributed by atoms with Gasteiger partial charge in [-0.15, -0.1) is 0 Å². The number of para-hydroxylation sites is 1. The first-order valence-electron chi connectivity index (χ1n) is 5.31. The molecule has 4 heteroatoms. The van der Waals surface area contributed by atoms with E-state index in [1.807, 2.05) is 34.9 Å². The van der Waals surface area contributed by atoms with Crippen LogP contribution in [0.15, 0.2) is 47.1 Å². The Labute approximate surface area is 97.4 Å². The summed E-state index contributed by atoms with van der Waals surface area (Å²) in [6, 6.07) is 11.5. The Hall–Kier alpha value is -2.36. The lowest BCUT2D eigenvalue weighted by Crippen LogP contribution is -2.02. The zero-order valence-electron chi connectivity index (χ0n) is 9.04. The Balaban J connectivity index is 2.16. The van der Waals surface area contributed by atoms with E-state index >= 15 is 0 Å². The summed E-state index contributed by atoms with van der Waals surface area (Å²) in [5.74, 6) is 0.731. The Morgan fingerprint density at radius 3 is 2.94 bits per heavy atom. The Kier molecular flexibility index (Phi) is 2.26. The summed E-state index contributed by atoms with van der Waals surface area (Å²) in [5, 5.41) is 4.71. The molecule has 0 aliphatic carbocycles. The van der Waals surface area contributed by atoms with Crippen LogP contribution in [-0.2, 0) is 6.54 Å². The molecule has 3 aromatic rings. The van der Waals surface area contributed by atoms with Crippen molar-refractivity contribution < 1.29 is 9.32 Å². The molecule has 17 heavy (non-hydrogen) atoms. The number of aldehydes is 1. The van der Waals surface area contributed by atoms with Crippen molar-refractivity contribution >= 4 is 17.2 Å².